The van der Waals surface area contributed by atoms with Gasteiger partial charge in [-0.25, -0.2) is 0 Å². The van der Waals surface area contributed by atoms with Crippen LogP contribution in [0.1, 0.15) is 45.4 Å². The quantitative estimate of drug-likeness (QED) is 0.181. The Balaban J connectivity index is 1.31. The van der Waals surface area contributed by atoms with E-state index in [2.05, 4.69) is 89.8 Å². The van der Waals surface area contributed by atoms with Gasteiger partial charge in [-0.2, -0.15) is 0 Å². The van der Waals surface area contributed by atoms with Crippen molar-refractivity contribution in [1.82, 2.24) is 4.68 Å². The van der Waals surface area contributed by atoms with Crippen molar-refractivity contribution in [1.29, 1.82) is 0 Å². The van der Waals surface area contributed by atoms with Crippen LogP contribution in [0.15, 0.2) is 72.8 Å². The molecule has 4 aromatic heterocycles. The van der Waals surface area contributed by atoms with Gasteiger partial charge in [0.05, 0.1) is 24.4 Å². The molecule has 0 spiro atoms. The highest BCUT2D eigenvalue weighted by Crippen LogP contribution is 2.49. The van der Waals surface area contributed by atoms with Crippen molar-refractivity contribution in [2.45, 2.75) is 45.4 Å². The molecule has 0 fully saturated rings. The summed E-state index contributed by atoms with van der Waals surface area (Å²) in [6.45, 7) is 3.29. The minimum Gasteiger partial charge on any atom is -0.325 e. The first-order valence-electron chi connectivity index (χ1n) is 13.4. The van der Waals surface area contributed by atoms with Crippen LogP contribution in [0.3, 0.4) is 0 Å². The molecule has 186 valence electrons. The Labute approximate surface area is 229 Å². The molecular formula is C32H30N2S3. The zero-order valence-corrected chi connectivity index (χ0v) is 23.5. The van der Waals surface area contributed by atoms with Gasteiger partial charge in [0.2, 0.25) is 0 Å². The lowest BCUT2D eigenvalue weighted by Gasteiger charge is -2.11. The third-order valence-electron chi connectivity index (χ3n) is 7.42. The smallest absolute Gasteiger partial charge is 0.0910 e. The summed E-state index contributed by atoms with van der Waals surface area (Å²) in [5.74, 6) is 0. The molecule has 0 aliphatic heterocycles. The highest BCUT2D eigenvalue weighted by atomic mass is 32.2. The third kappa shape index (κ3) is 4.04. The summed E-state index contributed by atoms with van der Waals surface area (Å²) in [5, 5.41) is 5.35. The molecule has 0 aliphatic carbocycles. The fourth-order valence-electron chi connectivity index (χ4n) is 5.51. The maximum Gasteiger partial charge on any atom is 0.0910 e. The van der Waals surface area contributed by atoms with E-state index in [9.17, 15) is 0 Å². The van der Waals surface area contributed by atoms with Gasteiger partial charge in [0, 0.05) is 26.9 Å². The van der Waals surface area contributed by atoms with E-state index < -0.39 is 0 Å². The molecule has 2 nitrogen and oxygen atoms in total. The fraction of sp³-hybridized carbons (Fsp3) is 0.250. The monoisotopic (exact) mass is 538 g/mol. The van der Waals surface area contributed by atoms with Crippen LogP contribution in [0.5, 0.6) is 0 Å². The van der Waals surface area contributed by atoms with Gasteiger partial charge in [0.1, 0.15) is 0 Å². The van der Waals surface area contributed by atoms with Crippen LogP contribution in [0.4, 0.5) is 0 Å². The van der Waals surface area contributed by atoms with Gasteiger partial charge in [-0.15, -0.1) is 34.0 Å². The van der Waals surface area contributed by atoms with Gasteiger partial charge in [0.15, 0.2) is 0 Å². The van der Waals surface area contributed by atoms with Crippen molar-refractivity contribution in [3.05, 3.63) is 72.8 Å². The Kier molecular flexibility index (Phi) is 6.16. The Morgan fingerprint density at radius 1 is 0.676 bits per heavy atom. The molecule has 0 aliphatic rings. The second kappa shape index (κ2) is 9.79. The summed E-state index contributed by atoms with van der Waals surface area (Å²) in [6.07, 6.45) is 7.88. The van der Waals surface area contributed by atoms with Crippen molar-refractivity contribution in [3.8, 4) is 10.4 Å². The number of fused-ring (bicyclic) bond motifs is 8. The number of nitrogens with zero attached hydrogens (tertiary/aromatic N) is 1. The largest absolute Gasteiger partial charge is 0.325 e. The normalized spacial score (nSPS) is 12.1. The van der Waals surface area contributed by atoms with Crippen LogP contribution in [0, 0.1) is 0 Å². The van der Waals surface area contributed by atoms with Crippen LogP contribution in [-0.4, -0.2) is 11.2 Å². The summed E-state index contributed by atoms with van der Waals surface area (Å²) in [5.41, 5.74) is 7.89. The van der Waals surface area contributed by atoms with Gasteiger partial charge in [-0.05, 0) is 41.0 Å². The molecule has 0 atom stereocenters. The van der Waals surface area contributed by atoms with Crippen molar-refractivity contribution >= 4 is 84.7 Å². The number of hydrogen-bond donors (Lipinski definition) is 1. The molecule has 0 amide bonds. The van der Waals surface area contributed by atoms with Gasteiger partial charge in [-0.1, -0.05) is 93.6 Å². The summed E-state index contributed by atoms with van der Waals surface area (Å²) in [7, 11) is 0. The van der Waals surface area contributed by atoms with Crippen LogP contribution >= 0.6 is 34.0 Å². The van der Waals surface area contributed by atoms with Gasteiger partial charge >= 0.3 is 0 Å². The fourth-order valence-corrected chi connectivity index (χ4v) is 9.40. The molecular weight excluding hydrogens is 509 g/mol. The number of unbranched alkanes of at least 4 members (excludes halogenated alkanes) is 5. The van der Waals surface area contributed by atoms with Gasteiger partial charge in [0.25, 0.3) is 0 Å². The van der Waals surface area contributed by atoms with Gasteiger partial charge in [-0.3, -0.25) is 4.68 Å². The molecule has 0 unspecified atom stereocenters. The Morgan fingerprint density at radius 2 is 1.43 bits per heavy atom. The maximum absolute atomic E-state index is 3.87. The minimum atomic E-state index is 1.01. The lowest BCUT2D eigenvalue weighted by atomic mass is 10.1. The second-order valence-corrected chi connectivity index (χ2v) is 13.3. The average Bonchev–Trinajstić information content (AvgIpc) is 3.66. The summed E-state index contributed by atoms with van der Waals surface area (Å²) in [4.78, 5) is 1.35. The van der Waals surface area contributed by atoms with E-state index in [-0.39, 0.29) is 0 Å². The molecule has 4 heterocycles. The third-order valence-corrected chi connectivity index (χ3v) is 11.2. The van der Waals surface area contributed by atoms with E-state index in [1.807, 2.05) is 34.0 Å². The van der Waals surface area contributed by atoms with E-state index >= 15 is 0 Å². The summed E-state index contributed by atoms with van der Waals surface area (Å²) < 4.78 is 8.08. The number of aromatic nitrogens is 1. The van der Waals surface area contributed by atoms with Crippen LogP contribution in [-0.2, 0) is 0 Å². The topological polar surface area (TPSA) is 17.0 Å². The van der Waals surface area contributed by atoms with Crippen molar-refractivity contribution in [2.75, 3.05) is 12.0 Å². The Morgan fingerprint density at radius 3 is 2.35 bits per heavy atom. The maximum atomic E-state index is 3.87. The molecule has 0 bridgehead atoms. The first kappa shape index (κ1) is 23.3. The first-order valence-corrected chi connectivity index (χ1v) is 15.9. The van der Waals surface area contributed by atoms with E-state index in [1.165, 1.54) is 99.7 Å². The molecule has 37 heavy (non-hydrogen) atoms. The van der Waals surface area contributed by atoms with E-state index in [0.717, 1.165) is 6.54 Å². The van der Waals surface area contributed by atoms with Crippen molar-refractivity contribution in [3.63, 3.8) is 0 Å². The van der Waals surface area contributed by atoms with Crippen LogP contribution in [0.25, 0.3) is 61.1 Å². The molecule has 0 radical (unpaired) electrons. The second-order valence-electron chi connectivity index (χ2n) is 9.94. The highest BCUT2D eigenvalue weighted by Gasteiger charge is 2.22. The standard InChI is InChI=1S/C32H30N2S3/c1-2-3-4-5-6-11-18-33-34-28-24-14-9-10-15-26(24)35-30(28)31-29(34)25-20-27(36-32(25)37-31)23-17-16-21-12-7-8-13-22(21)19-23/h7-10,12-17,19-20,33H,2-6,11,18H2,1H3. The molecule has 7 aromatic rings. The SMILES string of the molecule is CCCCCCCCNn1c2c3ccccc3sc2c2sc3sc(-c4ccc5ccccc5c4)cc3c21. The predicted octanol–water partition coefficient (Wildman–Crippen LogP) is 11.0. The van der Waals surface area contributed by atoms with Crippen LogP contribution < -0.4 is 5.43 Å². The average molecular weight is 539 g/mol. The predicted molar refractivity (Wildman–Crippen MR) is 169 cm³/mol. The molecule has 1 N–H and O–H groups in total. The van der Waals surface area contributed by atoms with Crippen molar-refractivity contribution < 1.29 is 0 Å². The van der Waals surface area contributed by atoms with E-state index in [1.54, 1.807) is 0 Å². The number of hydrogen-bond acceptors (Lipinski definition) is 4. The highest BCUT2D eigenvalue weighted by molar-refractivity contribution is 7.44. The van der Waals surface area contributed by atoms with Gasteiger partial charge < -0.3 is 5.43 Å². The zero-order valence-electron chi connectivity index (χ0n) is 21.0. The molecule has 0 saturated heterocycles. The van der Waals surface area contributed by atoms with E-state index in [0.29, 0.717) is 0 Å². The minimum absolute atomic E-state index is 1.01. The molecule has 0 saturated carbocycles. The summed E-state index contributed by atoms with van der Waals surface area (Å²) in [6, 6.07) is 26.8. The van der Waals surface area contributed by atoms with E-state index in [4.69, 9.17) is 0 Å². The number of nitrogens with one attached hydrogen (secondary N) is 1. The molecule has 7 rings (SSSR count). The lowest BCUT2D eigenvalue weighted by Crippen LogP contribution is -2.15. The van der Waals surface area contributed by atoms with Crippen molar-refractivity contribution in [2.24, 2.45) is 0 Å². The number of rotatable bonds is 9. The lowest BCUT2D eigenvalue weighted by molar-refractivity contribution is 0.610. The zero-order chi connectivity index (χ0) is 24.8. The molecule has 3 aromatic carbocycles. The number of thiophene rings is 3. The Hall–Kier alpha value is -2.86. The Bertz CT molecular complexity index is 1860. The molecule has 5 heteroatoms. The first-order chi connectivity index (χ1) is 18.3. The van der Waals surface area contributed by atoms with Crippen LogP contribution in [0.2, 0.25) is 0 Å². The summed E-state index contributed by atoms with van der Waals surface area (Å²) >= 11 is 5.84. The number of benzene rings is 3.